The van der Waals surface area contributed by atoms with Crippen LogP contribution in [0, 0.1) is 0 Å². The number of urea groups is 1. The molecule has 0 bridgehead atoms. The Morgan fingerprint density at radius 2 is 1.71 bits per heavy atom. The highest BCUT2D eigenvalue weighted by Crippen LogP contribution is 2.36. The monoisotopic (exact) mass is 501 g/mol. The number of hydrogen-bond acceptors (Lipinski definition) is 6. The summed E-state index contributed by atoms with van der Waals surface area (Å²) < 4.78 is 32.8. The van der Waals surface area contributed by atoms with Crippen molar-refractivity contribution in [1.82, 2.24) is 14.5 Å². The molecule has 190 valence electrons. The molecule has 10 heteroatoms. The normalized spacial score (nSPS) is 16.7. The second-order valence-electron chi connectivity index (χ2n) is 9.06. The van der Waals surface area contributed by atoms with Crippen LogP contribution in [-0.2, 0) is 23.0 Å². The van der Waals surface area contributed by atoms with Gasteiger partial charge in [0.15, 0.2) is 0 Å². The number of nitrogens with zero attached hydrogens (tertiary/aromatic N) is 3. The van der Waals surface area contributed by atoms with E-state index in [2.05, 4.69) is 33.0 Å². The van der Waals surface area contributed by atoms with Crippen LogP contribution in [-0.4, -0.2) is 77.7 Å². The van der Waals surface area contributed by atoms with E-state index in [0.717, 1.165) is 37.5 Å². The minimum absolute atomic E-state index is 0.180. The molecule has 0 aromatic heterocycles. The van der Waals surface area contributed by atoms with Gasteiger partial charge in [-0.05, 0) is 56.3 Å². The number of carbonyl (C=O) groups is 1. The molecule has 0 spiro atoms. The number of methoxy groups -OCH3 is 1. The molecule has 35 heavy (non-hydrogen) atoms. The highest BCUT2D eigenvalue weighted by molar-refractivity contribution is 7.89. The summed E-state index contributed by atoms with van der Waals surface area (Å²) in [6.07, 6.45) is 1.43. The van der Waals surface area contributed by atoms with Gasteiger partial charge in [-0.2, -0.15) is 0 Å². The van der Waals surface area contributed by atoms with Crippen LogP contribution in [0.1, 0.15) is 24.5 Å². The van der Waals surface area contributed by atoms with E-state index in [1.807, 2.05) is 13.0 Å². The predicted molar refractivity (Wildman–Crippen MR) is 138 cm³/mol. The van der Waals surface area contributed by atoms with Crippen LogP contribution in [0.25, 0.3) is 0 Å². The Bertz CT molecular complexity index is 1150. The first-order valence-corrected chi connectivity index (χ1v) is 13.6. The molecule has 2 aromatic rings. The highest BCUT2D eigenvalue weighted by Gasteiger charge is 2.28. The van der Waals surface area contributed by atoms with Crippen LogP contribution in [0.2, 0.25) is 0 Å². The van der Waals surface area contributed by atoms with E-state index in [9.17, 15) is 13.2 Å². The molecule has 1 fully saturated rings. The van der Waals surface area contributed by atoms with Crippen molar-refractivity contribution in [3.63, 3.8) is 0 Å². The number of likely N-dealkylation sites (N-methyl/N-ethyl adjacent to an activating group) is 1. The number of benzene rings is 2. The van der Waals surface area contributed by atoms with E-state index in [-0.39, 0.29) is 10.9 Å². The second-order valence-corrected chi connectivity index (χ2v) is 10.8. The molecule has 4 rings (SSSR count). The summed E-state index contributed by atoms with van der Waals surface area (Å²) in [5, 5.41) is 2.92. The number of ether oxygens (including phenoxy) is 1. The molecule has 2 N–H and O–H groups in total. The van der Waals surface area contributed by atoms with E-state index in [1.165, 1.54) is 23.4 Å². The van der Waals surface area contributed by atoms with Gasteiger partial charge in [-0.15, -0.1) is 0 Å². The fraction of sp³-hybridized carbons (Fsp3) is 0.480. The molecular formula is C25H35N5O4S. The molecule has 9 nitrogen and oxygen atoms in total. The molecule has 0 saturated carbocycles. The smallest absolute Gasteiger partial charge is 0.322 e. The van der Waals surface area contributed by atoms with Crippen molar-refractivity contribution >= 4 is 27.4 Å². The van der Waals surface area contributed by atoms with Gasteiger partial charge >= 0.3 is 6.03 Å². The zero-order valence-electron chi connectivity index (χ0n) is 20.7. The molecule has 0 radical (unpaired) electrons. The standard InChI is InChI=1S/C25H35N5O4S/c1-4-12-26-35(32,33)20-7-5-19(6-8-20)27-25(31)30-13-11-21-22(18-30)23(9-10-24(21)34-3)29-16-14-28(2)15-17-29/h5-10,26H,4,11-18H2,1-3H3,(H,27,31). The topological polar surface area (TPSA) is 94.2 Å². The lowest BCUT2D eigenvalue weighted by atomic mass is 9.96. The molecule has 2 aromatic carbocycles. The third kappa shape index (κ3) is 5.71. The van der Waals surface area contributed by atoms with Gasteiger partial charge in [0.25, 0.3) is 0 Å². The number of hydrogen-bond donors (Lipinski definition) is 2. The maximum absolute atomic E-state index is 13.1. The van der Waals surface area contributed by atoms with Crippen LogP contribution < -0.4 is 19.7 Å². The summed E-state index contributed by atoms with van der Waals surface area (Å²) in [5.74, 6) is 0.867. The van der Waals surface area contributed by atoms with Crippen LogP contribution >= 0.6 is 0 Å². The number of rotatable bonds is 7. The third-order valence-electron chi connectivity index (χ3n) is 6.65. The van der Waals surface area contributed by atoms with Gasteiger partial charge in [0, 0.05) is 68.3 Å². The fourth-order valence-electron chi connectivity index (χ4n) is 4.57. The molecular weight excluding hydrogens is 466 g/mol. The van der Waals surface area contributed by atoms with Crippen LogP contribution in [0.15, 0.2) is 41.3 Å². The van der Waals surface area contributed by atoms with E-state index in [0.29, 0.717) is 38.2 Å². The Balaban J connectivity index is 1.48. The van der Waals surface area contributed by atoms with E-state index in [1.54, 1.807) is 24.1 Å². The van der Waals surface area contributed by atoms with Gasteiger partial charge in [0.1, 0.15) is 5.75 Å². The van der Waals surface area contributed by atoms with E-state index in [4.69, 9.17) is 4.74 Å². The van der Waals surface area contributed by atoms with Crippen molar-refractivity contribution in [2.45, 2.75) is 31.2 Å². The summed E-state index contributed by atoms with van der Waals surface area (Å²) in [5.41, 5.74) is 4.03. The second kappa shape index (κ2) is 10.8. The first-order chi connectivity index (χ1) is 16.8. The van der Waals surface area contributed by atoms with Crippen LogP contribution in [0.5, 0.6) is 5.75 Å². The maximum atomic E-state index is 13.1. The predicted octanol–water partition coefficient (Wildman–Crippen LogP) is 2.73. The Labute approximate surface area is 208 Å². The summed E-state index contributed by atoms with van der Waals surface area (Å²) in [7, 11) is 0.282. The maximum Gasteiger partial charge on any atom is 0.322 e. The lowest BCUT2D eigenvalue weighted by molar-refractivity contribution is 0.206. The zero-order valence-corrected chi connectivity index (χ0v) is 21.5. The molecule has 2 aliphatic rings. The summed E-state index contributed by atoms with van der Waals surface area (Å²) in [6, 6.07) is 10.2. The molecule has 2 heterocycles. The minimum atomic E-state index is -3.54. The number of sulfonamides is 1. The number of fused-ring (bicyclic) bond motifs is 1. The summed E-state index contributed by atoms with van der Waals surface area (Å²) >= 11 is 0. The lowest BCUT2D eigenvalue weighted by Gasteiger charge is -2.38. The van der Waals surface area contributed by atoms with Crippen molar-refractivity contribution in [2.24, 2.45) is 0 Å². The first-order valence-electron chi connectivity index (χ1n) is 12.1. The van der Waals surface area contributed by atoms with Gasteiger partial charge in [0.05, 0.1) is 12.0 Å². The summed E-state index contributed by atoms with van der Waals surface area (Å²) in [6.45, 7) is 7.27. The van der Waals surface area contributed by atoms with E-state index < -0.39 is 10.0 Å². The Morgan fingerprint density at radius 3 is 2.37 bits per heavy atom. The molecule has 1 saturated heterocycles. The van der Waals surface area contributed by atoms with Crippen LogP contribution in [0.3, 0.4) is 0 Å². The average Bonchev–Trinajstić information content (AvgIpc) is 2.87. The van der Waals surface area contributed by atoms with Gasteiger partial charge in [-0.1, -0.05) is 6.92 Å². The number of anilines is 2. The third-order valence-corrected chi connectivity index (χ3v) is 8.13. The Morgan fingerprint density at radius 1 is 1.00 bits per heavy atom. The number of amides is 2. The largest absolute Gasteiger partial charge is 0.496 e. The van der Waals surface area contributed by atoms with Gasteiger partial charge in [0.2, 0.25) is 10.0 Å². The SMILES string of the molecule is CCCNS(=O)(=O)c1ccc(NC(=O)N2CCc3c(OC)ccc(N4CCN(C)CC4)c3C2)cc1. The average molecular weight is 502 g/mol. The Kier molecular flexibility index (Phi) is 7.83. The van der Waals surface area contributed by atoms with Gasteiger partial charge in [-0.25, -0.2) is 17.9 Å². The van der Waals surface area contributed by atoms with Crippen molar-refractivity contribution < 1.29 is 17.9 Å². The molecule has 0 unspecified atom stereocenters. The number of piperazine rings is 1. The minimum Gasteiger partial charge on any atom is -0.496 e. The number of nitrogens with one attached hydrogen (secondary N) is 2. The first kappa shape index (κ1) is 25.3. The molecule has 2 amide bonds. The van der Waals surface area contributed by atoms with Gasteiger partial charge in [-0.3, -0.25) is 0 Å². The van der Waals surface area contributed by atoms with Crippen molar-refractivity contribution in [3.05, 3.63) is 47.5 Å². The van der Waals surface area contributed by atoms with Crippen molar-refractivity contribution in [2.75, 3.05) is 63.6 Å². The molecule has 0 atom stereocenters. The summed E-state index contributed by atoms with van der Waals surface area (Å²) in [4.78, 5) is 19.8. The number of carbonyl (C=O) groups excluding carboxylic acids is 1. The quantitative estimate of drug-likeness (QED) is 0.606. The van der Waals surface area contributed by atoms with E-state index >= 15 is 0 Å². The molecule has 0 aliphatic carbocycles. The van der Waals surface area contributed by atoms with Crippen LogP contribution in [0.4, 0.5) is 16.2 Å². The zero-order chi connectivity index (χ0) is 25.0. The van der Waals surface area contributed by atoms with Crippen molar-refractivity contribution in [1.29, 1.82) is 0 Å². The fourth-order valence-corrected chi connectivity index (χ4v) is 5.71. The van der Waals surface area contributed by atoms with Gasteiger partial charge < -0.3 is 24.8 Å². The van der Waals surface area contributed by atoms with Crippen molar-refractivity contribution in [3.8, 4) is 5.75 Å². The highest BCUT2D eigenvalue weighted by atomic mass is 32.2. The molecule has 2 aliphatic heterocycles. The lowest BCUT2D eigenvalue weighted by Crippen LogP contribution is -2.46. The Hall–Kier alpha value is -2.82.